The number of aliphatic hydroxyl groups is 3. The second-order valence-corrected chi connectivity index (χ2v) is 16.1. The minimum absolute atomic E-state index is 0.0695. The summed E-state index contributed by atoms with van der Waals surface area (Å²) in [4.78, 5) is 0. The molecule has 6 N–H and O–H groups in total. The molecule has 0 atom stereocenters. The molecule has 6 nitrogen and oxygen atoms in total. The molecule has 0 radical (unpaired) electrons. The predicted molar refractivity (Wildman–Crippen MR) is 310 cm³/mol. The lowest BCUT2D eigenvalue weighted by molar-refractivity contribution is 0.281. The highest BCUT2D eigenvalue weighted by atomic mass is 16.3. The number of benzene rings is 9. The van der Waals surface area contributed by atoms with Gasteiger partial charge >= 0.3 is 0 Å². The first kappa shape index (κ1) is 61.4. The Labute approximate surface area is 436 Å². The largest absolute Gasteiger partial charge is 0.508 e. The maximum absolute atomic E-state index is 9.32. The Hall–Kier alpha value is -7.74. The highest BCUT2D eigenvalue weighted by Gasteiger charge is 2.02. The molecule has 0 bridgehead atoms. The normalized spacial score (nSPS) is 9.49. The number of phenolic OH excluding ortho intramolecular Hbond substituents is 3. The molecule has 9 aromatic rings. The van der Waals surface area contributed by atoms with Crippen molar-refractivity contribution in [3.63, 3.8) is 0 Å². The van der Waals surface area contributed by atoms with E-state index >= 15 is 0 Å². The van der Waals surface area contributed by atoms with E-state index in [-0.39, 0.29) is 25.6 Å². The van der Waals surface area contributed by atoms with Gasteiger partial charge in [-0.15, -0.1) is 0 Å². The van der Waals surface area contributed by atoms with Crippen LogP contribution in [0.1, 0.15) is 80.5 Å². The Balaban J connectivity index is 0.000000316. The summed E-state index contributed by atoms with van der Waals surface area (Å²) in [6, 6.07) is 70.4. The number of hydrogen-bond acceptors (Lipinski definition) is 6. The van der Waals surface area contributed by atoms with Crippen LogP contribution in [-0.2, 0) is 19.8 Å². The maximum atomic E-state index is 9.32. The Bertz CT molecular complexity index is 2590. The van der Waals surface area contributed by atoms with Crippen LogP contribution in [0.5, 0.6) is 17.2 Å². The fourth-order valence-corrected chi connectivity index (χ4v) is 6.50. The topological polar surface area (TPSA) is 121 Å². The lowest BCUT2D eigenvalue weighted by atomic mass is 10.00. The molecule has 382 valence electrons. The summed E-state index contributed by atoms with van der Waals surface area (Å²) in [5, 5.41) is 53.8. The monoisotopic (exact) mass is 979 g/mol. The minimum Gasteiger partial charge on any atom is -0.508 e. The summed E-state index contributed by atoms with van der Waals surface area (Å²) in [5.74, 6) is 0.936. The van der Waals surface area contributed by atoms with Gasteiger partial charge in [0.05, 0.1) is 19.8 Å². The number of hydrogen-bond donors (Lipinski definition) is 6. The van der Waals surface area contributed by atoms with E-state index in [9.17, 15) is 5.11 Å². The highest BCUT2D eigenvalue weighted by molar-refractivity contribution is 5.71. The predicted octanol–water partition coefficient (Wildman–Crippen LogP) is 17.0. The van der Waals surface area contributed by atoms with E-state index in [1.165, 1.54) is 44.5 Å². The Morgan fingerprint density at radius 3 is 0.493 bits per heavy atom. The summed E-state index contributed by atoms with van der Waals surface area (Å²) in [6.07, 6.45) is 0. The molecule has 0 unspecified atom stereocenters. The zero-order valence-corrected chi connectivity index (χ0v) is 44.6. The van der Waals surface area contributed by atoms with Crippen LogP contribution in [0.4, 0.5) is 0 Å². The molecule has 0 saturated heterocycles. The summed E-state index contributed by atoms with van der Waals surface area (Å²) < 4.78 is 0. The van der Waals surface area contributed by atoms with Crippen molar-refractivity contribution in [2.24, 2.45) is 0 Å². The standard InChI is InChI=1S/C19H16O2.2C14H14O.2C7H8O.3C2H6/c20-13-14-1-3-15(4-2-14)16-5-7-17(8-6-16)18-9-11-19(21)12-10-18;2*1-11-2-6-13(7-3-11)14-8-4-12(10-15)5-9-14;2*1-6-2-4-7(8)5-3-6;3*1-2/h1-12,20-21H,13H2;2*2-9,15H,10H2,1H3;2*2-5,8H,1H3;3*1-2H3. The first-order valence-electron chi connectivity index (χ1n) is 25.1. The third-order valence-corrected chi connectivity index (χ3v) is 10.7. The molecule has 9 aromatic carbocycles. The van der Waals surface area contributed by atoms with Gasteiger partial charge in [0.25, 0.3) is 0 Å². The van der Waals surface area contributed by atoms with Crippen LogP contribution in [0.3, 0.4) is 0 Å². The zero-order valence-electron chi connectivity index (χ0n) is 44.6. The lowest BCUT2D eigenvalue weighted by Crippen LogP contribution is -1.84. The van der Waals surface area contributed by atoms with Crippen LogP contribution in [0.15, 0.2) is 218 Å². The second-order valence-electron chi connectivity index (χ2n) is 16.1. The van der Waals surface area contributed by atoms with Gasteiger partial charge in [-0.2, -0.15) is 0 Å². The van der Waals surface area contributed by atoms with Gasteiger partial charge in [-0.25, -0.2) is 0 Å². The van der Waals surface area contributed by atoms with Crippen LogP contribution in [0, 0.1) is 27.7 Å². The second kappa shape index (κ2) is 35.4. The summed E-state index contributed by atoms with van der Waals surface area (Å²) in [5.41, 5.74) is 17.0. The maximum Gasteiger partial charge on any atom is 0.115 e. The van der Waals surface area contributed by atoms with Crippen molar-refractivity contribution in [1.82, 2.24) is 0 Å². The first-order valence-corrected chi connectivity index (χ1v) is 25.1. The van der Waals surface area contributed by atoms with Gasteiger partial charge in [0.1, 0.15) is 17.2 Å². The minimum atomic E-state index is 0.0695. The van der Waals surface area contributed by atoms with Gasteiger partial charge in [0.15, 0.2) is 0 Å². The van der Waals surface area contributed by atoms with Gasteiger partial charge in [0.2, 0.25) is 0 Å². The molecular formula is C67H78O6. The molecule has 0 saturated carbocycles. The van der Waals surface area contributed by atoms with E-state index in [1.54, 1.807) is 36.4 Å². The lowest BCUT2D eigenvalue weighted by Gasteiger charge is -2.06. The molecule has 0 spiro atoms. The van der Waals surface area contributed by atoms with E-state index in [1.807, 2.05) is 165 Å². The van der Waals surface area contributed by atoms with Gasteiger partial charge in [0, 0.05) is 0 Å². The Morgan fingerprint density at radius 1 is 0.205 bits per heavy atom. The van der Waals surface area contributed by atoms with Crippen LogP contribution >= 0.6 is 0 Å². The molecule has 9 rings (SSSR count). The molecule has 0 heterocycles. The van der Waals surface area contributed by atoms with Gasteiger partial charge in [-0.1, -0.05) is 246 Å². The molecule has 73 heavy (non-hydrogen) atoms. The van der Waals surface area contributed by atoms with Gasteiger partial charge in [-0.05, 0) is 125 Å². The van der Waals surface area contributed by atoms with Crippen LogP contribution < -0.4 is 0 Å². The first-order chi connectivity index (χ1) is 35.4. The smallest absolute Gasteiger partial charge is 0.115 e. The molecule has 0 fully saturated rings. The summed E-state index contributed by atoms with van der Waals surface area (Å²) >= 11 is 0. The van der Waals surface area contributed by atoms with E-state index in [0.29, 0.717) is 11.5 Å². The molecule has 6 heteroatoms. The third-order valence-electron chi connectivity index (χ3n) is 10.7. The molecule has 0 aromatic heterocycles. The third kappa shape index (κ3) is 22.9. The van der Waals surface area contributed by atoms with Crippen molar-refractivity contribution in [1.29, 1.82) is 0 Å². The molecule has 0 amide bonds. The van der Waals surface area contributed by atoms with Crippen LogP contribution in [0.2, 0.25) is 0 Å². The molecular weight excluding hydrogens is 901 g/mol. The van der Waals surface area contributed by atoms with Crippen LogP contribution in [-0.4, -0.2) is 30.6 Å². The Morgan fingerprint density at radius 2 is 0.329 bits per heavy atom. The molecule has 0 aliphatic carbocycles. The number of aryl methyl sites for hydroxylation is 4. The number of rotatable bonds is 7. The Kier molecular flexibility index (Phi) is 29.7. The van der Waals surface area contributed by atoms with Crippen molar-refractivity contribution >= 4 is 0 Å². The van der Waals surface area contributed by atoms with Crippen molar-refractivity contribution in [2.75, 3.05) is 0 Å². The van der Waals surface area contributed by atoms with Crippen molar-refractivity contribution in [3.8, 4) is 61.8 Å². The summed E-state index contributed by atoms with van der Waals surface area (Å²) in [6.45, 7) is 20.4. The van der Waals surface area contributed by atoms with Gasteiger partial charge in [-0.3, -0.25) is 0 Å². The number of phenols is 3. The zero-order chi connectivity index (χ0) is 54.0. The molecule has 0 aliphatic heterocycles. The van der Waals surface area contributed by atoms with Crippen molar-refractivity contribution in [3.05, 3.63) is 257 Å². The fraction of sp³-hybridized carbons (Fsp3) is 0.194. The van der Waals surface area contributed by atoms with Crippen molar-refractivity contribution < 1.29 is 30.6 Å². The SMILES string of the molecule is CC.CC.CC.Cc1ccc(-c2ccc(CO)cc2)cc1.Cc1ccc(-c2ccc(CO)cc2)cc1.Cc1ccc(O)cc1.Cc1ccc(O)cc1.OCc1ccc(-c2ccc(-c3ccc(O)cc3)cc2)cc1. The van der Waals surface area contributed by atoms with E-state index in [4.69, 9.17) is 25.5 Å². The average molecular weight is 979 g/mol. The van der Waals surface area contributed by atoms with E-state index in [0.717, 1.165) is 38.9 Å². The van der Waals surface area contributed by atoms with Crippen LogP contribution in [0.25, 0.3) is 44.5 Å². The van der Waals surface area contributed by atoms with Crippen molar-refractivity contribution in [2.45, 2.75) is 89.1 Å². The van der Waals surface area contributed by atoms with E-state index in [2.05, 4.69) is 86.6 Å². The number of aromatic hydroxyl groups is 3. The molecule has 0 aliphatic rings. The summed E-state index contributed by atoms with van der Waals surface area (Å²) in [7, 11) is 0. The van der Waals surface area contributed by atoms with Gasteiger partial charge < -0.3 is 30.6 Å². The van der Waals surface area contributed by atoms with E-state index < -0.39 is 0 Å². The number of aliphatic hydroxyl groups excluding tert-OH is 3. The average Bonchev–Trinajstić information content (AvgIpc) is 3.45. The quantitative estimate of drug-likeness (QED) is 0.0946. The highest BCUT2D eigenvalue weighted by Crippen LogP contribution is 2.27. The fourth-order valence-electron chi connectivity index (χ4n) is 6.50.